The van der Waals surface area contributed by atoms with Gasteiger partial charge in [0, 0.05) is 11.7 Å². The van der Waals surface area contributed by atoms with Crippen LogP contribution in [0.3, 0.4) is 0 Å². The molecule has 2 aliphatic carbocycles. The van der Waals surface area contributed by atoms with Crippen LogP contribution in [0.15, 0.2) is 56.8 Å². The molecule has 206 valence electrons. The molecule has 0 radical (unpaired) electrons. The van der Waals surface area contributed by atoms with E-state index >= 15 is 0 Å². The van der Waals surface area contributed by atoms with Crippen LogP contribution in [0, 0.1) is 6.92 Å². The van der Waals surface area contributed by atoms with Gasteiger partial charge in [0.1, 0.15) is 5.75 Å². The first kappa shape index (κ1) is 28.0. The lowest BCUT2D eigenvalue weighted by atomic mass is 9.94. The summed E-state index contributed by atoms with van der Waals surface area (Å²) >= 11 is 5.10. The van der Waals surface area contributed by atoms with Gasteiger partial charge in [0.15, 0.2) is 11.8 Å². The number of carbonyl (C=O) groups is 2. The zero-order chi connectivity index (χ0) is 27.2. The lowest BCUT2D eigenvalue weighted by molar-refractivity contribution is -0.124. The van der Waals surface area contributed by atoms with Crippen LogP contribution in [0.1, 0.15) is 75.3 Å². The number of rotatable bonds is 7. The summed E-state index contributed by atoms with van der Waals surface area (Å²) in [6.45, 7) is 1.91. The lowest BCUT2D eigenvalue weighted by Crippen LogP contribution is -2.41. The van der Waals surface area contributed by atoms with Crippen LogP contribution in [-0.2, 0) is 9.59 Å². The van der Waals surface area contributed by atoms with E-state index in [0.717, 1.165) is 52.1 Å². The zero-order valence-electron chi connectivity index (χ0n) is 22.5. The maximum atomic E-state index is 13.6. The van der Waals surface area contributed by atoms with Crippen LogP contribution in [0.2, 0.25) is 0 Å². The number of nitrogens with zero attached hydrogens (tertiary/aromatic N) is 2. The summed E-state index contributed by atoms with van der Waals surface area (Å²) in [5, 5.41) is 3.74. The van der Waals surface area contributed by atoms with Gasteiger partial charge < -0.3 is 10.1 Å². The molecule has 2 saturated carbocycles. The number of amidine groups is 1. The van der Waals surface area contributed by atoms with Gasteiger partial charge >= 0.3 is 0 Å². The highest BCUT2D eigenvalue weighted by Gasteiger charge is 2.39. The number of aryl methyl sites for hydroxylation is 1. The Morgan fingerprint density at radius 2 is 1.74 bits per heavy atom. The predicted octanol–water partition coefficient (Wildman–Crippen LogP) is 7.71. The Labute approximate surface area is 243 Å². The molecule has 3 fully saturated rings. The maximum Gasteiger partial charge on any atom is 0.266 e. The van der Waals surface area contributed by atoms with E-state index in [1.54, 1.807) is 0 Å². The Morgan fingerprint density at radius 1 is 1.05 bits per heavy atom. The molecule has 2 aromatic rings. The minimum Gasteiger partial charge on any atom is -0.483 e. The minimum absolute atomic E-state index is 0.0747. The van der Waals surface area contributed by atoms with E-state index in [1.807, 2.05) is 60.4 Å². The van der Waals surface area contributed by atoms with Gasteiger partial charge in [0.2, 0.25) is 0 Å². The summed E-state index contributed by atoms with van der Waals surface area (Å²) in [6.07, 6.45) is 13.6. The maximum absolute atomic E-state index is 13.6. The van der Waals surface area contributed by atoms with Crippen molar-refractivity contribution >= 4 is 56.4 Å². The highest BCUT2D eigenvalue weighted by Crippen LogP contribution is 2.39. The number of ether oxygens (including phenoxy) is 1. The van der Waals surface area contributed by atoms with Crippen molar-refractivity contribution in [1.82, 2.24) is 4.90 Å². The molecule has 3 aliphatic rings. The average molecular weight is 611 g/mol. The van der Waals surface area contributed by atoms with Gasteiger partial charge in [-0.3, -0.25) is 19.5 Å². The fourth-order valence-electron chi connectivity index (χ4n) is 5.46. The van der Waals surface area contributed by atoms with Crippen LogP contribution < -0.4 is 10.1 Å². The second-order valence-corrected chi connectivity index (χ2v) is 12.5. The summed E-state index contributed by atoms with van der Waals surface area (Å²) in [4.78, 5) is 33.8. The molecule has 0 spiro atoms. The number of carbonyl (C=O) groups excluding carboxylic acids is 2. The molecule has 0 unspecified atom stereocenters. The van der Waals surface area contributed by atoms with Crippen molar-refractivity contribution in [1.29, 1.82) is 0 Å². The Balaban J connectivity index is 1.27. The van der Waals surface area contributed by atoms with Gasteiger partial charge in [-0.25, -0.2) is 0 Å². The van der Waals surface area contributed by atoms with Crippen LogP contribution >= 0.6 is 27.7 Å². The Hall–Kier alpha value is -2.58. The van der Waals surface area contributed by atoms with E-state index in [-0.39, 0.29) is 24.5 Å². The van der Waals surface area contributed by atoms with Crippen molar-refractivity contribution in [2.24, 2.45) is 4.99 Å². The number of amides is 2. The first-order chi connectivity index (χ1) is 19.0. The van der Waals surface area contributed by atoms with E-state index in [1.165, 1.54) is 50.3 Å². The quantitative estimate of drug-likeness (QED) is 0.326. The number of thioether (sulfide) groups is 1. The molecule has 1 heterocycles. The third-order valence-electron chi connectivity index (χ3n) is 7.59. The highest BCUT2D eigenvalue weighted by atomic mass is 79.9. The Bertz CT molecular complexity index is 1250. The van der Waals surface area contributed by atoms with Gasteiger partial charge in [0.25, 0.3) is 11.8 Å². The van der Waals surface area contributed by atoms with Crippen molar-refractivity contribution < 1.29 is 14.3 Å². The molecule has 1 aliphatic heterocycles. The smallest absolute Gasteiger partial charge is 0.266 e. The number of halogens is 1. The predicted molar refractivity (Wildman–Crippen MR) is 163 cm³/mol. The monoisotopic (exact) mass is 609 g/mol. The van der Waals surface area contributed by atoms with Crippen LogP contribution in [0.25, 0.3) is 6.08 Å². The van der Waals surface area contributed by atoms with Crippen LogP contribution in [0.5, 0.6) is 5.75 Å². The minimum atomic E-state index is -0.225. The molecule has 1 N–H and O–H groups in total. The molecule has 0 bridgehead atoms. The number of benzene rings is 2. The Morgan fingerprint density at radius 3 is 2.44 bits per heavy atom. The second kappa shape index (κ2) is 13.2. The molecule has 5 rings (SSSR count). The number of anilines is 1. The molecule has 8 heteroatoms. The third-order valence-corrected chi connectivity index (χ3v) is 9.21. The fourth-order valence-corrected chi connectivity index (χ4v) is 7.08. The largest absolute Gasteiger partial charge is 0.483 e. The molecule has 39 heavy (non-hydrogen) atoms. The normalized spacial score (nSPS) is 21.1. The number of aliphatic imine (C=N–C) groups is 1. The zero-order valence-corrected chi connectivity index (χ0v) is 24.9. The van der Waals surface area contributed by atoms with Crippen molar-refractivity contribution in [2.75, 3.05) is 11.9 Å². The van der Waals surface area contributed by atoms with Gasteiger partial charge in [0.05, 0.1) is 15.4 Å². The second-order valence-electron chi connectivity index (χ2n) is 10.7. The number of hydrogen-bond donors (Lipinski definition) is 1. The molecule has 2 aromatic carbocycles. The molecular formula is C31H36BrN3O3S. The molecule has 0 aromatic heterocycles. The van der Waals surface area contributed by atoms with Crippen molar-refractivity contribution in [3.63, 3.8) is 0 Å². The van der Waals surface area contributed by atoms with E-state index in [4.69, 9.17) is 9.73 Å². The highest BCUT2D eigenvalue weighted by molar-refractivity contribution is 9.10. The molecule has 2 amide bonds. The van der Waals surface area contributed by atoms with E-state index in [0.29, 0.717) is 16.7 Å². The van der Waals surface area contributed by atoms with Crippen LogP contribution in [0.4, 0.5) is 5.69 Å². The number of hydrogen-bond acceptors (Lipinski definition) is 5. The third kappa shape index (κ3) is 7.34. The first-order valence-electron chi connectivity index (χ1n) is 14.1. The van der Waals surface area contributed by atoms with Gasteiger partial charge in [-0.05, 0) is 96.2 Å². The van der Waals surface area contributed by atoms with Gasteiger partial charge in [-0.2, -0.15) is 0 Å². The summed E-state index contributed by atoms with van der Waals surface area (Å²) < 4.78 is 6.49. The molecular weight excluding hydrogens is 574 g/mol. The van der Waals surface area contributed by atoms with Crippen molar-refractivity contribution in [2.45, 2.75) is 83.2 Å². The molecule has 1 saturated heterocycles. The van der Waals surface area contributed by atoms with Crippen LogP contribution in [-0.4, -0.2) is 40.6 Å². The van der Waals surface area contributed by atoms with Crippen molar-refractivity contribution in [3.05, 3.63) is 63.0 Å². The van der Waals surface area contributed by atoms with E-state index in [2.05, 4.69) is 21.2 Å². The van der Waals surface area contributed by atoms with Gasteiger partial charge in [-0.15, -0.1) is 0 Å². The first-order valence-corrected chi connectivity index (χ1v) is 15.7. The summed E-state index contributed by atoms with van der Waals surface area (Å²) in [6, 6.07) is 13.9. The lowest BCUT2D eigenvalue weighted by Gasteiger charge is -2.31. The summed E-state index contributed by atoms with van der Waals surface area (Å²) in [7, 11) is 0. The molecule has 0 atom stereocenters. The fraction of sp³-hybridized carbons (Fsp3) is 0.452. The average Bonchev–Trinajstić information content (AvgIpc) is 3.24. The topological polar surface area (TPSA) is 71.0 Å². The SMILES string of the molecule is Cc1ccc(NC(=O)COc2ccc(C=C3SC(=NC4CCCCC4)N(C4CCCCC4)C3=O)cc2Br)cc1. The Kier molecular flexibility index (Phi) is 9.45. The summed E-state index contributed by atoms with van der Waals surface area (Å²) in [5.74, 6) is 0.424. The van der Waals surface area contributed by atoms with Gasteiger partial charge in [-0.1, -0.05) is 62.3 Å². The van der Waals surface area contributed by atoms with E-state index in [9.17, 15) is 9.59 Å². The van der Waals surface area contributed by atoms with Crippen molar-refractivity contribution in [3.8, 4) is 5.75 Å². The van der Waals surface area contributed by atoms with E-state index < -0.39 is 0 Å². The summed E-state index contributed by atoms with van der Waals surface area (Å²) in [5.41, 5.74) is 2.77. The molecule has 6 nitrogen and oxygen atoms in total. The number of nitrogens with one attached hydrogen (secondary N) is 1. The standard InChI is InChI=1S/C31H36BrN3O3S/c1-21-12-15-24(16-13-21)33-29(36)20-38-27-17-14-22(18-26(27)32)19-28-30(37)35(25-10-6-3-7-11-25)31(39-28)34-23-8-4-2-5-9-23/h12-19,23,25H,2-11,20H2,1H3,(H,33,36).